The maximum atomic E-state index is 4.74. The zero-order valence-electron chi connectivity index (χ0n) is 34.0. The molecular formula is C46H68N8. The fraction of sp³-hybridized carbons (Fsp3) is 0.630. The highest BCUT2D eigenvalue weighted by Gasteiger charge is 2.33. The van der Waals surface area contributed by atoms with Crippen LogP contribution in [0.4, 0.5) is 17.2 Å². The van der Waals surface area contributed by atoms with Gasteiger partial charge in [0, 0.05) is 128 Å². The Morgan fingerprint density at radius 3 is 1.94 bits per heavy atom. The Balaban J connectivity index is 0.823. The zero-order valence-corrected chi connectivity index (χ0v) is 34.0. The van der Waals surface area contributed by atoms with E-state index in [2.05, 4.69) is 117 Å². The van der Waals surface area contributed by atoms with Crippen LogP contribution in [0.2, 0.25) is 0 Å². The number of aryl methyl sites for hydroxylation is 2. The number of nitrogens with zero attached hydrogens (tertiary/aromatic N) is 8. The summed E-state index contributed by atoms with van der Waals surface area (Å²) in [5.41, 5.74) is 8.64. The molecule has 5 aliphatic rings. The number of aromatic nitrogens is 1. The van der Waals surface area contributed by atoms with Crippen LogP contribution in [0.5, 0.6) is 0 Å². The molecule has 5 fully saturated rings. The molecule has 0 saturated carbocycles. The van der Waals surface area contributed by atoms with Gasteiger partial charge in [-0.2, -0.15) is 0 Å². The van der Waals surface area contributed by atoms with Crippen LogP contribution in [0.25, 0.3) is 0 Å². The Hall–Kier alpha value is -3.17. The zero-order chi connectivity index (χ0) is 37.0. The first-order valence-electron chi connectivity index (χ1n) is 21.5. The quantitative estimate of drug-likeness (QED) is 0.241. The fourth-order valence-electron chi connectivity index (χ4n) is 10.1. The van der Waals surface area contributed by atoms with Gasteiger partial charge in [0.15, 0.2) is 0 Å². The Labute approximate surface area is 327 Å². The maximum absolute atomic E-state index is 4.74. The van der Waals surface area contributed by atoms with Crippen LogP contribution in [0, 0.1) is 31.6 Å². The second kappa shape index (κ2) is 17.3. The van der Waals surface area contributed by atoms with Crippen molar-refractivity contribution >= 4 is 17.2 Å². The van der Waals surface area contributed by atoms with Crippen molar-refractivity contribution in [3.8, 4) is 0 Å². The van der Waals surface area contributed by atoms with Crippen molar-refractivity contribution in [2.45, 2.75) is 58.4 Å². The molecule has 0 amide bonds. The summed E-state index contributed by atoms with van der Waals surface area (Å²) in [6, 6.07) is 22.1. The molecule has 0 radical (unpaired) electrons. The van der Waals surface area contributed by atoms with Gasteiger partial charge in [0.05, 0.1) is 0 Å². The van der Waals surface area contributed by atoms with Crippen molar-refractivity contribution in [3.05, 3.63) is 83.0 Å². The van der Waals surface area contributed by atoms with Crippen molar-refractivity contribution in [1.82, 2.24) is 24.6 Å². The molecule has 54 heavy (non-hydrogen) atoms. The predicted octanol–water partition coefficient (Wildman–Crippen LogP) is 5.92. The van der Waals surface area contributed by atoms with Gasteiger partial charge in [-0.1, -0.05) is 24.3 Å². The first-order chi connectivity index (χ1) is 26.3. The molecule has 8 nitrogen and oxygen atoms in total. The Morgan fingerprint density at radius 1 is 0.630 bits per heavy atom. The lowest BCUT2D eigenvalue weighted by Crippen LogP contribution is -2.54. The molecule has 8 rings (SSSR count). The number of likely N-dealkylation sites (N-methyl/N-ethyl adjacent to an activating group) is 2. The predicted molar refractivity (Wildman–Crippen MR) is 226 cm³/mol. The molecule has 0 bridgehead atoms. The first kappa shape index (κ1) is 37.7. The van der Waals surface area contributed by atoms with E-state index in [1.165, 1.54) is 145 Å². The van der Waals surface area contributed by atoms with Gasteiger partial charge in [-0.15, -0.1) is 0 Å². The molecule has 5 aliphatic heterocycles. The highest BCUT2D eigenvalue weighted by atomic mass is 15.3. The Bertz CT molecular complexity index is 1610. The van der Waals surface area contributed by atoms with Crippen molar-refractivity contribution in [2.24, 2.45) is 17.8 Å². The van der Waals surface area contributed by atoms with Gasteiger partial charge in [0.25, 0.3) is 0 Å². The summed E-state index contributed by atoms with van der Waals surface area (Å²) in [6.07, 6.45) is 9.46. The summed E-state index contributed by atoms with van der Waals surface area (Å²) < 4.78 is 0. The van der Waals surface area contributed by atoms with Gasteiger partial charge in [-0.05, 0) is 131 Å². The summed E-state index contributed by atoms with van der Waals surface area (Å²) in [6.45, 7) is 22.3. The lowest BCUT2D eigenvalue weighted by atomic mass is 9.84. The van der Waals surface area contributed by atoms with Crippen molar-refractivity contribution in [3.63, 3.8) is 0 Å². The highest BCUT2D eigenvalue weighted by molar-refractivity contribution is 5.53. The number of hydrogen-bond donors (Lipinski definition) is 0. The number of pyridine rings is 1. The molecule has 0 N–H and O–H groups in total. The standard InChI is InChI=1S/C46H68N8/c1-36-5-12-46(47-32-36)53-19-15-41(16-20-53)45(52-27-23-49(4)24-28-52)30-38-7-10-43(11-8-38)51-17-13-39(14-18-51)29-42-31-44(9-6-37(42)2)54-34-40(35-54)33-50-25-21-48(3)22-26-50/h5-12,31-32,39-41,45H,13-30,33-35H2,1-4H3. The third kappa shape index (κ3) is 9.26. The second-order valence-electron chi connectivity index (χ2n) is 17.9. The first-order valence-corrected chi connectivity index (χ1v) is 21.5. The van der Waals surface area contributed by atoms with E-state index < -0.39 is 0 Å². The van der Waals surface area contributed by atoms with Crippen molar-refractivity contribution in [1.29, 1.82) is 0 Å². The van der Waals surface area contributed by atoms with Gasteiger partial charge in [-0.25, -0.2) is 4.98 Å². The topological polar surface area (TPSA) is 35.6 Å². The summed E-state index contributed by atoms with van der Waals surface area (Å²) >= 11 is 0. The molecule has 3 aromatic rings. The van der Waals surface area contributed by atoms with Crippen LogP contribution >= 0.6 is 0 Å². The van der Waals surface area contributed by atoms with Gasteiger partial charge in [0.1, 0.15) is 5.82 Å². The summed E-state index contributed by atoms with van der Waals surface area (Å²) in [5, 5.41) is 0. The molecular weight excluding hydrogens is 665 g/mol. The number of rotatable bonds is 11. The summed E-state index contributed by atoms with van der Waals surface area (Å²) in [4.78, 5) is 23.0. The molecule has 2 aromatic carbocycles. The number of piperidine rings is 2. The van der Waals surface area contributed by atoms with E-state index >= 15 is 0 Å². The molecule has 5 saturated heterocycles. The van der Waals surface area contributed by atoms with Crippen LogP contribution in [-0.2, 0) is 12.8 Å². The Morgan fingerprint density at radius 2 is 1.28 bits per heavy atom. The molecule has 8 heteroatoms. The minimum Gasteiger partial charge on any atom is -0.372 e. The van der Waals surface area contributed by atoms with E-state index in [4.69, 9.17) is 4.98 Å². The number of benzene rings is 2. The lowest BCUT2D eigenvalue weighted by molar-refractivity contribution is 0.0718. The molecule has 6 heterocycles. The van der Waals surface area contributed by atoms with E-state index in [1.54, 1.807) is 5.56 Å². The largest absolute Gasteiger partial charge is 0.372 e. The summed E-state index contributed by atoms with van der Waals surface area (Å²) in [5.74, 6) is 3.47. The maximum Gasteiger partial charge on any atom is 0.128 e. The number of piperazine rings is 2. The molecule has 1 atom stereocenters. The highest BCUT2D eigenvalue weighted by Crippen LogP contribution is 2.33. The number of anilines is 3. The Kier molecular flexibility index (Phi) is 12.1. The summed E-state index contributed by atoms with van der Waals surface area (Å²) in [7, 11) is 4.53. The van der Waals surface area contributed by atoms with Crippen LogP contribution in [0.15, 0.2) is 60.8 Å². The van der Waals surface area contributed by atoms with Gasteiger partial charge in [0.2, 0.25) is 0 Å². The minimum atomic E-state index is 0.611. The van der Waals surface area contributed by atoms with Crippen LogP contribution < -0.4 is 14.7 Å². The van der Waals surface area contributed by atoms with Gasteiger partial charge >= 0.3 is 0 Å². The van der Waals surface area contributed by atoms with Crippen molar-refractivity contribution in [2.75, 3.05) is 127 Å². The molecule has 0 spiro atoms. The average Bonchev–Trinajstić information content (AvgIpc) is 3.18. The molecule has 1 unspecified atom stereocenters. The van der Waals surface area contributed by atoms with Crippen LogP contribution in [-0.4, -0.2) is 143 Å². The van der Waals surface area contributed by atoms with Crippen LogP contribution in [0.3, 0.4) is 0 Å². The third-order valence-electron chi connectivity index (χ3n) is 13.9. The molecule has 1 aromatic heterocycles. The van der Waals surface area contributed by atoms with Gasteiger partial charge < -0.3 is 29.4 Å². The monoisotopic (exact) mass is 733 g/mol. The lowest BCUT2D eigenvalue weighted by Gasteiger charge is -2.44. The van der Waals surface area contributed by atoms with Crippen LogP contribution in [0.1, 0.15) is 47.9 Å². The van der Waals surface area contributed by atoms with E-state index in [1.807, 2.05) is 6.20 Å². The number of hydrogen-bond acceptors (Lipinski definition) is 8. The smallest absolute Gasteiger partial charge is 0.128 e. The van der Waals surface area contributed by atoms with E-state index in [9.17, 15) is 0 Å². The van der Waals surface area contributed by atoms with Gasteiger partial charge in [-0.3, -0.25) is 4.90 Å². The average molecular weight is 733 g/mol. The molecule has 292 valence electrons. The fourth-order valence-corrected chi connectivity index (χ4v) is 10.1. The van der Waals surface area contributed by atoms with E-state index in [0.717, 1.165) is 43.1 Å². The normalized spacial score (nSPS) is 22.9. The SMILES string of the molecule is Cc1ccc(N2CCC(C(Cc3ccc(N4CCC(Cc5cc(N6CC(CN7CCN(C)CC7)C6)ccc5C)CC4)cc3)N3CCN(C)CC3)CC2)nc1. The second-order valence-corrected chi connectivity index (χ2v) is 17.9. The minimum absolute atomic E-state index is 0.611. The third-order valence-corrected chi connectivity index (χ3v) is 13.9. The van der Waals surface area contributed by atoms with E-state index in [0.29, 0.717) is 6.04 Å². The molecule has 0 aliphatic carbocycles. The van der Waals surface area contributed by atoms with Crippen molar-refractivity contribution < 1.29 is 0 Å². The van der Waals surface area contributed by atoms with E-state index in [-0.39, 0.29) is 0 Å².